The van der Waals surface area contributed by atoms with Crippen molar-refractivity contribution >= 4 is 22.7 Å². The number of hydrogen-bond acceptors (Lipinski definition) is 6. The van der Waals surface area contributed by atoms with Crippen molar-refractivity contribution in [2.24, 2.45) is 0 Å². The molecule has 28 heavy (non-hydrogen) atoms. The van der Waals surface area contributed by atoms with E-state index in [1.54, 1.807) is 36.4 Å². The normalized spacial score (nSPS) is 11.9. The fourth-order valence-corrected chi connectivity index (χ4v) is 2.82. The summed E-state index contributed by atoms with van der Waals surface area (Å²) in [6.45, 7) is 0. The highest BCUT2D eigenvalue weighted by atomic mass is 16.6. The Morgan fingerprint density at radius 3 is 2.36 bits per heavy atom. The molecule has 4 aromatic rings. The van der Waals surface area contributed by atoms with Crippen LogP contribution in [0.2, 0.25) is 0 Å². The topological polar surface area (TPSA) is 100 Å². The SMILES string of the molecule is O=C(OC(c1ccc([N+](=O)[O-])cc1)n1nnc2ccccc21)c1ccccc1. The van der Waals surface area contributed by atoms with Crippen LogP contribution in [0.5, 0.6) is 0 Å². The predicted octanol–water partition coefficient (Wildman–Crippen LogP) is 3.74. The highest BCUT2D eigenvalue weighted by molar-refractivity contribution is 5.89. The smallest absolute Gasteiger partial charge is 0.340 e. The number of hydrogen-bond donors (Lipinski definition) is 0. The van der Waals surface area contributed by atoms with Crippen LogP contribution in [0, 0.1) is 10.1 Å². The van der Waals surface area contributed by atoms with Gasteiger partial charge in [0.15, 0.2) is 0 Å². The van der Waals surface area contributed by atoms with Crippen molar-refractivity contribution in [2.75, 3.05) is 0 Å². The van der Waals surface area contributed by atoms with Crippen molar-refractivity contribution in [1.82, 2.24) is 15.0 Å². The Kier molecular flexibility index (Phi) is 4.51. The van der Waals surface area contributed by atoms with Gasteiger partial charge in [0.25, 0.3) is 5.69 Å². The minimum Gasteiger partial charge on any atom is -0.432 e. The summed E-state index contributed by atoms with van der Waals surface area (Å²) in [5, 5.41) is 19.2. The molecule has 0 radical (unpaired) electrons. The molecule has 0 amide bonds. The lowest BCUT2D eigenvalue weighted by Gasteiger charge is -2.19. The maximum absolute atomic E-state index is 12.6. The summed E-state index contributed by atoms with van der Waals surface area (Å²) < 4.78 is 7.21. The lowest BCUT2D eigenvalue weighted by molar-refractivity contribution is -0.384. The van der Waals surface area contributed by atoms with E-state index in [1.807, 2.05) is 18.2 Å². The molecule has 0 saturated heterocycles. The van der Waals surface area contributed by atoms with Crippen LogP contribution in [0.15, 0.2) is 78.9 Å². The molecule has 4 rings (SSSR count). The number of para-hydroxylation sites is 1. The first-order chi connectivity index (χ1) is 13.6. The number of carbonyl (C=O) groups is 1. The second kappa shape index (κ2) is 7.28. The molecule has 1 heterocycles. The average molecular weight is 374 g/mol. The number of carbonyl (C=O) groups excluding carboxylic acids is 1. The molecule has 0 bridgehead atoms. The van der Waals surface area contributed by atoms with Crippen molar-refractivity contribution in [3.05, 3.63) is 100 Å². The second-order valence-corrected chi connectivity index (χ2v) is 6.00. The number of fused-ring (bicyclic) bond motifs is 1. The van der Waals surface area contributed by atoms with Crippen LogP contribution in [0.3, 0.4) is 0 Å². The first-order valence-corrected chi connectivity index (χ1v) is 8.44. The Labute approximate surface area is 159 Å². The van der Waals surface area contributed by atoms with E-state index in [4.69, 9.17) is 4.74 Å². The Morgan fingerprint density at radius 1 is 0.964 bits per heavy atom. The Balaban J connectivity index is 1.76. The molecular weight excluding hydrogens is 360 g/mol. The van der Waals surface area contributed by atoms with Crippen LogP contribution in [-0.4, -0.2) is 25.9 Å². The Bertz CT molecular complexity index is 1140. The van der Waals surface area contributed by atoms with Gasteiger partial charge in [-0.05, 0) is 36.4 Å². The predicted molar refractivity (Wildman–Crippen MR) is 101 cm³/mol. The van der Waals surface area contributed by atoms with Crippen molar-refractivity contribution in [1.29, 1.82) is 0 Å². The number of benzene rings is 3. The van der Waals surface area contributed by atoms with E-state index in [0.29, 0.717) is 22.2 Å². The molecule has 1 unspecified atom stereocenters. The summed E-state index contributed by atoms with van der Waals surface area (Å²) in [5.41, 5.74) is 2.18. The van der Waals surface area contributed by atoms with Gasteiger partial charge in [0.2, 0.25) is 6.23 Å². The first-order valence-electron chi connectivity index (χ1n) is 8.44. The third-order valence-electron chi connectivity index (χ3n) is 4.22. The van der Waals surface area contributed by atoms with Crippen LogP contribution < -0.4 is 0 Å². The first kappa shape index (κ1) is 17.3. The van der Waals surface area contributed by atoms with Crippen molar-refractivity contribution in [3.8, 4) is 0 Å². The van der Waals surface area contributed by atoms with E-state index in [9.17, 15) is 14.9 Å². The number of rotatable bonds is 5. The van der Waals surface area contributed by atoms with E-state index < -0.39 is 17.1 Å². The molecule has 0 aliphatic carbocycles. The van der Waals surface area contributed by atoms with Gasteiger partial charge in [-0.1, -0.05) is 35.5 Å². The number of nitro benzene ring substituents is 1. The van der Waals surface area contributed by atoms with Gasteiger partial charge in [-0.3, -0.25) is 10.1 Å². The van der Waals surface area contributed by atoms with Crippen molar-refractivity contribution in [3.63, 3.8) is 0 Å². The van der Waals surface area contributed by atoms with Crippen LogP contribution in [-0.2, 0) is 4.74 Å². The van der Waals surface area contributed by atoms with Crippen LogP contribution >= 0.6 is 0 Å². The lowest BCUT2D eigenvalue weighted by atomic mass is 10.1. The van der Waals surface area contributed by atoms with Crippen LogP contribution in [0.4, 0.5) is 5.69 Å². The molecule has 0 aliphatic rings. The zero-order valence-corrected chi connectivity index (χ0v) is 14.5. The van der Waals surface area contributed by atoms with Gasteiger partial charge in [-0.2, -0.15) is 0 Å². The number of aromatic nitrogens is 3. The monoisotopic (exact) mass is 374 g/mol. The van der Waals surface area contributed by atoms with Gasteiger partial charge in [0, 0.05) is 17.7 Å². The third kappa shape index (κ3) is 3.30. The number of esters is 1. The number of nitro groups is 1. The van der Waals surface area contributed by atoms with Crippen molar-refractivity contribution < 1.29 is 14.5 Å². The summed E-state index contributed by atoms with van der Waals surface area (Å²) in [6.07, 6.45) is -0.930. The van der Waals surface area contributed by atoms with Gasteiger partial charge < -0.3 is 4.74 Å². The third-order valence-corrected chi connectivity index (χ3v) is 4.22. The highest BCUT2D eigenvalue weighted by Crippen LogP contribution is 2.26. The maximum Gasteiger partial charge on any atom is 0.340 e. The van der Waals surface area contributed by atoms with E-state index in [-0.39, 0.29) is 5.69 Å². The molecule has 0 spiro atoms. The van der Waals surface area contributed by atoms with Gasteiger partial charge in [-0.25, -0.2) is 9.48 Å². The standard InChI is InChI=1S/C20H14N4O4/c25-20(15-6-2-1-3-7-15)28-19(14-10-12-16(13-11-14)24(26)27)23-18-9-5-4-8-17(18)21-22-23/h1-13,19H. The van der Waals surface area contributed by atoms with Crippen LogP contribution in [0.1, 0.15) is 22.1 Å². The molecule has 8 heteroatoms. The number of ether oxygens (including phenoxy) is 1. The quantitative estimate of drug-likeness (QED) is 0.300. The molecule has 138 valence electrons. The molecule has 0 aliphatic heterocycles. The summed E-state index contributed by atoms with van der Waals surface area (Å²) >= 11 is 0. The summed E-state index contributed by atoms with van der Waals surface area (Å²) in [4.78, 5) is 23.1. The zero-order chi connectivity index (χ0) is 19.5. The number of nitrogens with zero attached hydrogens (tertiary/aromatic N) is 4. The molecule has 0 N–H and O–H groups in total. The van der Waals surface area contributed by atoms with Gasteiger partial charge in [0.05, 0.1) is 16.0 Å². The van der Waals surface area contributed by atoms with E-state index in [2.05, 4.69) is 10.3 Å². The van der Waals surface area contributed by atoms with E-state index >= 15 is 0 Å². The van der Waals surface area contributed by atoms with E-state index in [0.717, 1.165) is 0 Å². The number of non-ortho nitro benzene ring substituents is 1. The zero-order valence-electron chi connectivity index (χ0n) is 14.5. The van der Waals surface area contributed by atoms with Crippen molar-refractivity contribution in [2.45, 2.75) is 6.23 Å². The largest absolute Gasteiger partial charge is 0.432 e. The van der Waals surface area contributed by atoms with Gasteiger partial charge in [0.1, 0.15) is 5.52 Å². The molecule has 1 aromatic heterocycles. The summed E-state index contributed by atoms with van der Waals surface area (Å²) in [7, 11) is 0. The minimum absolute atomic E-state index is 0.0552. The fourth-order valence-electron chi connectivity index (χ4n) is 2.82. The van der Waals surface area contributed by atoms with E-state index in [1.165, 1.54) is 28.9 Å². The molecule has 0 fully saturated rings. The molecule has 8 nitrogen and oxygen atoms in total. The molecule has 0 saturated carbocycles. The Morgan fingerprint density at radius 2 is 1.64 bits per heavy atom. The summed E-state index contributed by atoms with van der Waals surface area (Å²) in [6, 6.07) is 21.6. The van der Waals surface area contributed by atoms with Gasteiger partial charge >= 0.3 is 5.97 Å². The molecule has 1 atom stereocenters. The van der Waals surface area contributed by atoms with Gasteiger partial charge in [-0.15, -0.1) is 5.10 Å². The average Bonchev–Trinajstić information content (AvgIpc) is 3.16. The highest BCUT2D eigenvalue weighted by Gasteiger charge is 2.23. The maximum atomic E-state index is 12.6. The molecular formula is C20H14N4O4. The second-order valence-electron chi connectivity index (χ2n) is 6.00. The lowest BCUT2D eigenvalue weighted by Crippen LogP contribution is -2.20. The minimum atomic E-state index is -0.930. The van der Waals surface area contributed by atoms with Crippen LogP contribution in [0.25, 0.3) is 11.0 Å². The molecule has 3 aromatic carbocycles. The Hall–Kier alpha value is -4.07. The summed E-state index contributed by atoms with van der Waals surface area (Å²) in [5.74, 6) is -0.538. The fraction of sp³-hybridized carbons (Fsp3) is 0.0500.